The van der Waals surface area contributed by atoms with Gasteiger partial charge in [-0.25, -0.2) is 17.9 Å². The summed E-state index contributed by atoms with van der Waals surface area (Å²) in [6, 6.07) is 10.9. The van der Waals surface area contributed by atoms with Gasteiger partial charge in [0.1, 0.15) is 5.58 Å². The summed E-state index contributed by atoms with van der Waals surface area (Å²) in [6.07, 6.45) is -3.72. The maximum atomic E-state index is 13.3. The number of fused-ring (bicyclic) bond motifs is 1. The van der Waals surface area contributed by atoms with Crippen molar-refractivity contribution in [2.75, 3.05) is 6.54 Å². The minimum Gasteiger partial charge on any atom is -0.423 e. The molecule has 0 unspecified atom stereocenters. The van der Waals surface area contributed by atoms with Crippen LogP contribution < -0.4 is 10.3 Å². The molecule has 0 atom stereocenters. The number of halogens is 3. The summed E-state index contributed by atoms with van der Waals surface area (Å²) in [4.78, 5) is 11.6. The molecule has 32 heavy (non-hydrogen) atoms. The second-order valence-electron chi connectivity index (χ2n) is 8.84. The molecular formula is C23H24F3NO4S. The van der Waals surface area contributed by atoms with Crippen LogP contribution in [0.15, 0.2) is 62.6 Å². The van der Waals surface area contributed by atoms with Crippen molar-refractivity contribution in [1.82, 2.24) is 4.72 Å². The van der Waals surface area contributed by atoms with Crippen molar-refractivity contribution in [3.8, 4) is 0 Å². The smallest absolute Gasteiger partial charge is 0.417 e. The van der Waals surface area contributed by atoms with Crippen molar-refractivity contribution in [3.05, 3.63) is 75.6 Å². The molecule has 1 N–H and O–H groups in total. The van der Waals surface area contributed by atoms with Crippen LogP contribution >= 0.6 is 0 Å². The first-order valence-corrected chi connectivity index (χ1v) is 11.5. The predicted octanol–water partition coefficient (Wildman–Crippen LogP) is 5.12. The highest BCUT2D eigenvalue weighted by Crippen LogP contribution is 2.34. The average molecular weight is 468 g/mol. The standard InChI is InChI=1S/C23H24F3NO4S/c1-22(2,3)10-11-27-32(29,30)17-7-4-15(5-8-17)12-16-6-9-20-18(13-16)19(23(24,25)26)14-21(28)31-20/h4-9,13-14,27H,10-12H2,1-3H3. The van der Waals surface area contributed by atoms with Crippen molar-refractivity contribution in [3.63, 3.8) is 0 Å². The monoisotopic (exact) mass is 467 g/mol. The Bertz CT molecular complexity index is 1270. The van der Waals surface area contributed by atoms with E-state index in [1.807, 2.05) is 20.8 Å². The minimum absolute atomic E-state index is 0.000744. The third-order valence-corrected chi connectivity index (χ3v) is 6.40. The van der Waals surface area contributed by atoms with E-state index < -0.39 is 27.4 Å². The summed E-state index contributed by atoms with van der Waals surface area (Å²) in [5.41, 5.74) is -0.962. The molecule has 0 radical (unpaired) electrons. The zero-order valence-electron chi connectivity index (χ0n) is 17.9. The molecule has 0 spiro atoms. The first kappa shape index (κ1) is 24.0. The van der Waals surface area contributed by atoms with Gasteiger partial charge in [0.05, 0.1) is 10.5 Å². The van der Waals surface area contributed by atoms with Crippen LogP contribution in [0.4, 0.5) is 13.2 Å². The Balaban J connectivity index is 1.81. The van der Waals surface area contributed by atoms with Crippen molar-refractivity contribution in [2.24, 2.45) is 5.41 Å². The minimum atomic E-state index is -4.69. The Hall–Kier alpha value is -2.65. The molecule has 0 fully saturated rings. The fraction of sp³-hybridized carbons (Fsp3) is 0.348. The Morgan fingerprint density at radius 1 is 0.938 bits per heavy atom. The van der Waals surface area contributed by atoms with Gasteiger partial charge in [-0.3, -0.25) is 0 Å². The second-order valence-corrected chi connectivity index (χ2v) is 10.6. The predicted molar refractivity (Wildman–Crippen MR) is 116 cm³/mol. The normalized spacial score (nSPS) is 12.9. The lowest BCUT2D eigenvalue weighted by molar-refractivity contribution is -0.136. The lowest BCUT2D eigenvalue weighted by Gasteiger charge is -2.18. The molecule has 2 aromatic carbocycles. The lowest BCUT2D eigenvalue weighted by Crippen LogP contribution is -2.27. The van der Waals surface area contributed by atoms with E-state index in [1.54, 1.807) is 18.2 Å². The van der Waals surface area contributed by atoms with E-state index >= 15 is 0 Å². The molecule has 1 heterocycles. The fourth-order valence-corrected chi connectivity index (χ4v) is 4.25. The first-order valence-electron chi connectivity index (χ1n) is 9.97. The summed E-state index contributed by atoms with van der Waals surface area (Å²) in [7, 11) is -3.64. The quantitative estimate of drug-likeness (QED) is 0.511. The van der Waals surface area contributed by atoms with Crippen LogP contribution in [-0.2, 0) is 22.6 Å². The van der Waals surface area contributed by atoms with Gasteiger partial charge in [-0.05, 0) is 53.6 Å². The Kier molecular flexibility index (Phi) is 6.53. The highest BCUT2D eigenvalue weighted by molar-refractivity contribution is 7.89. The summed E-state index contributed by atoms with van der Waals surface area (Å²) in [6.45, 7) is 6.39. The Morgan fingerprint density at radius 2 is 1.56 bits per heavy atom. The zero-order valence-corrected chi connectivity index (χ0v) is 18.7. The molecule has 1 aromatic heterocycles. The molecule has 172 valence electrons. The number of benzene rings is 2. The van der Waals surface area contributed by atoms with E-state index in [0.717, 1.165) is 5.56 Å². The van der Waals surface area contributed by atoms with Gasteiger partial charge in [0, 0.05) is 18.0 Å². The van der Waals surface area contributed by atoms with Crippen LogP contribution in [0.25, 0.3) is 11.0 Å². The average Bonchev–Trinajstić information content (AvgIpc) is 2.66. The largest absolute Gasteiger partial charge is 0.423 e. The number of hydrogen-bond donors (Lipinski definition) is 1. The van der Waals surface area contributed by atoms with Crippen LogP contribution in [0, 0.1) is 5.41 Å². The number of alkyl halides is 3. The van der Waals surface area contributed by atoms with Gasteiger partial charge < -0.3 is 4.42 Å². The Labute approximate surface area is 184 Å². The Morgan fingerprint density at radius 3 is 2.16 bits per heavy atom. The molecule has 0 bridgehead atoms. The molecule has 0 aliphatic rings. The first-order chi connectivity index (χ1) is 14.7. The third kappa shape index (κ3) is 5.98. The highest BCUT2D eigenvalue weighted by Gasteiger charge is 2.33. The van der Waals surface area contributed by atoms with Gasteiger partial charge in [0.2, 0.25) is 10.0 Å². The molecule has 3 rings (SSSR count). The molecule has 5 nitrogen and oxygen atoms in total. The van der Waals surface area contributed by atoms with Gasteiger partial charge in [0.25, 0.3) is 0 Å². The van der Waals surface area contributed by atoms with Gasteiger partial charge in [-0.1, -0.05) is 39.0 Å². The van der Waals surface area contributed by atoms with Crippen molar-refractivity contribution < 1.29 is 26.0 Å². The van der Waals surface area contributed by atoms with Crippen molar-refractivity contribution >= 4 is 21.0 Å². The summed E-state index contributed by atoms with van der Waals surface area (Å²) < 4.78 is 72.3. The molecule has 0 aliphatic heterocycles. The zero-order chi connectivity index (χ0) is 23.7. The number of nitrogens with one attached hydrogen (secondary N) is 1. The summed E-state index contributed by atoms with van der Waals surface area (Å²) >= 11 is 0. The van der Waals surface area contributed by atoms with E-state index in [1.165, 1.54) is 24.3 Å². The summed E-state index contributed by atoms with van der Waals surface area (Å²) in [5, 5.41) is -0.197. The van der Waals surface area contributed by atoms with Crippen LogP contribution in [-0.4, -0.2) is 15.0 Å². The second kappa shape index (κ2) is 8.71. The molecular weight excluding hydrogens is 443 g/mol. The molecule has 0 aliphatic carbocycles. The van der Waals surface area contributed by atoms with Crippen LogP contribution in [0.3, 0.4) is 0 Å². The molecule has 0 saturated carbocycles. The van der Waals surface area contributed by atoms with Gasteiger partial charge in [0.15, 0.2) is 0 Å². The maximum absolute atomic E-state index is 13.3. The topological polar surface area (TPSA) is 76.4 Å². The van der Waals surface area contributed by atoms with Crippen LogP contribution in [0.2, 0.25) is 0 Å². The number of rotatable bonds is 6. The lowest BCUT2D eigenvalue weighted by atomic mass is 9.93. The van der Waals surface area contributed by atoms with E-state index in [2.05, 4.69) is 4.72 Å². The molecule has 9 heteroatoms. The molecule has 0 amide bonds. The van der Waals surface area contributed by atoms with E-state index in [0.29, 0.717) is 24.6 Å². The van der Waals surface area contributed by atoms with E-state index in [4.69, 9.17) is 4.42 Å². The third-order valence-electron chi connectivity index (χ3n) is 4.92. The SMILES string of the molecule is CC(C)(C)CCNS(=O)(=O)c1ccc(Cc2ccc3oc(=O)cc(C(F)(F)F)c3c2)cc1. The summed E-state index contributed by atoms with van der Waals surface area (Å²) in [5.74, 6) is 0. The van der Waals surface area contributed by atoms with Crippen molar-refractivity contribution in [1.29, 1.82) is 0 Å². The number of hydrogen-bond acceptors (Lipinski definition) is 4. The van der Waals surface area contributed by atoms with Gasteiger partial charge in [-0.2, -0.15) is 13.2 Å². The number of sulfonamides is 1. The molecule has 3 aromatic rings. The fourth-order valence-electron chi connectivity index (χ4n) is 3.22. The van der Waals surface area contributed by atoms with Crippen LogP contribution in [0.1, 0.15) is 43.9 Å². The van der Waals surface area contributed by atoms with Crippen LogP contribution in [0.5, 0.6) is 0 Å². The highest BCUT2D eigenvalue weighted by atomic mass is 32.2. The van der Waals surface area contributed by atoms with Gasteiger partial charge in [-0.15, -0.1) is 0 Å². The van der Waals surface area contributed by atoms with Gasteiger partial charge >= 0.3 is 11.8 Å². The van der Waals surface area contributed by atoms with E-state index in [-0.39, 0.29) is 27.7 Å². The van der Waals surface area contributed by atoms with E-state index in [9.17, 15) is 26.4 Å². The molecule has 0 saturated heterocycles. The maximum Gasteiger partial charge on any atom is 0.417 e. The van der Waals surface area contributed by atoms with Crippen molar-refractivity contribution in [2.45, 2.75) is 44.7 Å².